The lowest BCUT2D eigenvalue weighted by Crippen LogP contribution is -2.29. The van der Waals surface area contributed by atoms with E-state index < -0.39 is 5.97 Å². The van der Waals surface area contributed by atoms with Crippen LogP contribution in [0.1, 0.15) is 49.4 Å². The Morgan fingerprint density at radius 1 is 0.974 bits per heavy atom. The normalized spacial score (nSPS) is 12.9. The molecule has 0 saturated carbocycles. The van der Waals surface area contributed by atoms with Crippen molar-refractivity contribution in [3.05, 3.63) is 124 Å². The number of fused-ring (bicyclic) bond motifs is 1. The second-order valence-electron chi connectivity index (χ2n) is 9.48. The van der Waals surface area contributed by atoms with E-state index in [1.54, 1.807) is 37.3 Å². The second kappa shape index (κ2) is 10.8. The number of halogens is 1. The van der Waals surface area contributed by atoms with Gasteiger partial charge in [0.1, 0.15) is 5.82 Å². The number of rotatable bonds is 6. The summed E-state index contributed by atoms with van der Waals surface area (Å²) in [5.74, 6) is -1.63. The Hall–Kier alpha value is -4.58. The molecule has 1 N–H and O–H groups in total. The van der Waals surface area contributed by atoms with Gasteiger partial charge in [-0.25, -0.2) is 14.2 Å². The predicted molar refractivity (Wildman–Crippen MR) is 148 cm³/mol. The fourth-order valence-electron chi connectivity index (χ4n) is 4.81. The number of nitrogens with zero attached hydrogens (tertiary/aromatic N) is 2. The molecule has 0 fully saturated rings. The van der Waals surface area contributed by atoms with Gasteiger partial charge in [0.2, 0.25) is 0 Å². The van der Waals surface area contributed by atoms with Gasteiger partial charge in [0.15, 0.2) is 0 Å². The molecule has 0 radical (unpaired) electrons. The van der Waals surface area contributed by atoms with Crippen LogP contribution in [0.25, 0.3) is 11.1 Å². The molecule has 1 aliphatic heterocycles. The first-order chi connectivity index (χ1) is 18.4. The van der Waals surface area contributed by atoms with Crippen LogP contribution in [0.3, 0.4) is 0 Å². The number of aliphatic imine (C=N–C) groups is 1. The molecule has 4 aromatic rings. The third-order valence-electron chi connectivity index (χ3n) is 6.89. The summed E-state index contributed by atoms with van der Waals surface area (Å²) in [7, 11) is 0. The summed E-state index contributed by atoms with van der Waals surface area (Å²) in [6.45, 7) is 3.27. The van der Waals surface area contributed by atoms with Crippen molar-refractivity contribution in [3.63, 3.8) is 0 Å². The highest BCUT2D eigenvalue weighted by Crippen LogP contribution is 2.32. The molecule has 0 saturated heterocycles. The van der Waals surface area contributed by atoms with Crippen molar-refractivity contribution in [2.24, 2.45) is 4.99 Å². The Morgan fingerprint density at radius 3 is 2.50 bits per heavy atom. The van der Waals surface area contributed by atoms with E-state index in [0.717, 1.165) is 47.3 Å². The summed E-state index contributed by atoms with van der Waals surface area (Å²) in [5, 5.41) is 9.22. The summed E-state index contributed by atoms with van der Waals surface area (Å²) in [5.41, 5.74) is 7.22. The minimum absolute atomic E-state index is 0.261. The molecule has 38 heavy (non-hydrogen) atoms. The molecule has 6 heteroatoms. The smallest absolute Gasteiger partial charge is 0.335 e. The minimum atomic E-state index is -0.942. The van der Waals surface area contributed by atoms with Crippen LogP contribution in [0.15, 0.2) is 89.9 Å². The van der Waals surface area contributed by atoms with Crippen LogP contribution < -0.4 is 4.90 Å². The van der Waals surface area contributed by atoms with Gasteiger partial charge in [-0.05, 0) is 89.5 Å². The molecule has 0 bridgehead atoms. The number of hydrogen-bond donors (Lipinski definition) is 1. The summed E-state index contributed by atoms with van der Waals surface area (Å²) >= 11 is 0. The van der Waals surface area contributed by atoms with Gasteiger partial charge in [0, 0.05) is 30.6 Å². The van der Waals surface area contributed by atoms with Gasteiger partial charge in [-0.3, -0.25) is 4.79 Å². The quantitative estimate of drug-likeness (QED) is 0.295. The molecule has 0 aliphatic carbocycles. The van der Waals surface area contributed by atoms with Crippen LogP contribution >= 0.6 is 0 Å². The molecule has 190 valence electrons. The zero-order valence-electron chi connectivity index (χ0n) is 21.0. The van der Waals surface area contributed by atoms with E-state index in [1.807, 2.05) is 36.4 Å². The number of anilines is 1. The van der Waals surface area contributed by atoms with Gasteiger partial charge in [-0.2, -0.15) is 0 Å². The average Bonchev–Trinajstić information content (AvgIpc) is 2.93. The number of amides is 1. The third-order valence-corrected chi connectivity index (χ3v) is 6.89. The molecule has 0 aromatic heterocycles. The number of aromatic carboxylic acids is 1. The molecule has 4 aromatic carbocycles. The molecule has 0 atom stereocenters. The lowest BCUT2D eigenvalue weighted by atomic mass is 9.95. The Balaban J connectivity index is 1.36. The minimum Gasteiger partial charge on any atom is -0.478 e. The summed E-state index contributed by atoms with van der Waals surface area (Å²) < 4.78 is 13.8. The van der Waals surface area contributed by atoms with Crippen molar-refractivity contribution in [2.75, 3.05) is 11.4 Å². The van der Waals surface area contributed by atoms with Gasteiger partial charge in [0.05, 0.1) is 5.56 Å². The highest BCUT2D eigenvalue weighted by molar-refractivity contribution is 6.02. The summed E-state index contributed by atoms with van der Waals surface area (Å²) in [4.78, 5) is 30.4. The molecule has 0 spiro atoms. The summed E-state index contributed by atoms with van der Waals surface area (Å²) in [6.07, 6.45) is 3.24. The van der Waals surface area contributed by atoms with E-state index in [2.05, 4.69) is 22.0 Å². The van der Waals surface area contributed by atoms with Gasteiger partial charge < -0.3 is 10.0 Å². The monoisotopic (exact) mass is 506 g/mol. The van der Waals surface area contributed by atoms with Gasteiger partial charge in [0.25, 0.3) is 5.91 Å². The first-order valence-electron chi connectivity index (χ1n) is 12.5. The molecule has 5 rings (SSSR count). The van der Waals surface area contributed by atoms with Crippen molar-refractivity contribution in [2.45, 2.75) is 26.3 Å². The largest absolute Gasteiger partial charge is 0.478 e. The van der Waals surface area contributed by atoms with E-state index in [0.29, 0.717) is 23.2 Å². The van der Waals surface area contributed by atoms with Crippen LogP contribution in [-0.4, -0.2) is 29.7 Å². The topological polar surface area (TPSA) is 70.0 Å². The van der Waals surface area contributed by atoms with Crippen molar-refractivity contribution >= 4 is 23.8 Å². The van der Waals surface area contributed by atoms with Crippen LogP contribution in [0.2, 0.25) is 0 Å². The Morgan fingerprint density at radius 2 is 1.74 bits per heavy atom. The van der Waals surface area contributed by atoms with Gasteiger partial charge in [-0.15, -0.1) is 0 Å². The molecule has 1 heterocycles. The van der Waals surface area contributed by atoms with Crippen molar-refractivity contribution in [1.29, 1.82) is 0 Å². The van der Waals surface area contributed by atoms with Crippen LogP contribution in [0, 0.1) is 12.7 Å². The molecular formula is C32H27FN2O3. The van der Waals surface area contributed by atoms with Crippen LogP contribution in [0.5, 0.6) is 0 Å². The predicted octanol–water partition coefficient (Wildman–Crippen LogP) is 6.71. The zero-order chi connectivity index (χ0) is 26.6. The van der Waals surface area contributed by atoms with Gasteiger partial charge in [-0.1, -0.05) is 48.5 Å². The van der Waals surface area contributed by atoms with Crippen molar-refractivity contribution < 1.29 is 19.1 Å². The lowest BCUT2D eigenvalue weighted by Gasteiger charge is -2.32. The van der Waals surface area contributed by atoms with E-state index >= 15 is 0 Å². The fraction of sp³-hybridized carbons (Fsp3) is 0.156. The molecular weight excluding hydrogens is 479 g/mol. The number of carboxylic acid groups (broad SMARTS) is 1. The first kappa shape index (κ1) is 25.1. The standard InChI is InChI=1S/C32H27FN2O3/c1-21-8-9-22(17-29(21)33)19-34-31(36)26-14-15-30-25(18-26)6-4-16-35(30)20-27-5-2-3-7-28(27)23-10-12-24(13-11-23)32(37)38/h2-3,5,7-15,17-19H,4,6,16,20H2,1H3,(H,37,38). The Kier molecular flexibility index (Phi) is 7.13. The van der Waals surface area contributed by atoms with E-state index in [4.69, 9.17) is 0 Å². The SMILES string of the molecule is Cc1ccc(C=NC(=O)c2ccc3c(c2)CCCN3Cc2ccccc2-c2ccc(C(=O)O)cc2)cc1F. The number of benzene rings is 4. The van der Waals surface area contributed by atoms with E-state index in [-0.39, 0.29) is 17.3 Å². The Bertz CT molecular complexity index is 1540. The van der Waals surface area contributed by atoms with E-state index in [1.165, 1.54) is 12.3 Å². The van der Waals surface area contributed by atoms with Crippen molar-refractivity contribution in [1.82, 2.24) is 0 Å². The van der Waals surface area contributed by atoms with E-state index in [9.17, 15) is 19.1 Å². The fourth-order valence-corrected chi connectivity index (χ4v) is 4.81. The average molecular weight is 507 g/mol. The number of hydrogen-bond acceptors (Lipinski definition) is 3. The highest BCUT2D eigenvalue weighted by atomic mass is 19.1. The number of carbonyl (C=O) groups excluding carboxylic acids is 1. The van der Waals surface area contributed by atoms with Gasteiger partial charge >= 0.3 is 5.97 Å². The lowest BCUT2D eigenvalue weighted by molar-refractivity contribution is 0.0696. The molecule has 5 nitrogen and oxygen atoms in total. The number of aryl methyl sites for hydroxylation is 2. The molecule has 0 unspecified atom stereocenters. The zero-order valence-corrected chi connectivity index (χ0v) is 21.0. The Labute approximate surface area is 220 Å². The molecule has 1 aliphatic rings. The highest BCUT2D eigenvalue weighted by Gasteiger charge is 2.20. The maximum absolute atomic E-state index is 13.8. The second-order valence-corrected chi connectivity index (χ2v) is 9.48. The maximum atomic E-state index is 13.8. The maximum Gasteiger partial charge on any atom is 0.335 e. The first-order valence-corrected chi connectivity index (χ1v) is 12.5. The number of carbonyl (C=O) groups is 2. The van der Waals surface area contributed by atoms with Crippen LogP contribution in [0.4, 0.5) is 10.1 Å². The summed E-state index contributed by atoms with van der Waals surface area (Å²) in [6, 6.07) is 25.5. The third kappa shape index (κ3) is 5.39. The molecule has 1 amide bonds. The van der Waals surface area contributed by atoms with Crippen LogP contribution in [-0.2, 0) is 13.0 Å². The number of carboxylic acids is 1. The van der Waals surface area contributed by atoms with Crippen molar-refractivity contribution in [3.8, 4) is 11.1 Å².